The van der Waals surface area contributed by atoms with Gasteiger partial charge in [-0.1, -0.05) is 35.9 Å². The van der Waals surface area contributed by atoms with Gasteiger partial charge in [-0.05, 0) is 73.9 Å². The van der Waals surface area contributed by atoms with Crippen LogP contribution in [0.1, 0.15) is 34.0 Å². The van der Waals surface area contributed by atoms with Crippen LogP contribution < -0.4 is 5.32 Å². The van der Waals surface area contributed by atoms with Crippen molar-refractivity contribution in [3.63, 3.8) is 0 Å². The number of rotatable bonds is 2. The number of thiocarbonyl (C=S) groups is 1. The SMILES string of the molecule is Cc1ccc(C2c3cccn3CCN2C(=S)Nc2cc(C)cc(C)c2)cc1. The highest BCUT2D eigenvalue weighted by molar-refractivity contribution is 7.80. The van der Waals surface area contributed by atoms with E-state index in [1.807, 2.05) is 0 Å². The Bertz CT molecular complexity index is 951. The number of fused-ring (bicyclic) bond motifs is 1. The first-order chi connectivity index (χ1) is 13.0. The van der Waals surface area contributed by atoms with Crippen molar-refractivity contribution in [3.05, 3.63) is 88.7 Å². The highest BCUT2D eigenvalue weighted by atomic mass is 32.1. The van der Waals surface area contributed by atoms with Crippen LogP contribution in [0.4, 0.5) is 5.69 Å². The minimum Gasteiger partial charge on any atom is -0.348 e. The molecule has 3 nitrogen and oxygen atoms in total. The van der Waals surface area contributed by atoms with E-state index in [2.05, 4.69) is 96.3 Å². The molecule has 1 aromatic heterocycles. The third-order valence-electron chi connectivity index (χ3n) is 5.17. The van der Waals surface area contributed by atoms with Gasteiger partial charge in [0, 0.05) is 30.7 Å². The van der Waals surface area contributed by atoms with Crippen molar-refractivity contribution >= 4 is 23.0 Å². The number of nitrogens with zero attached hydrogens (tertiary/aromatic N) is 2. The average molecular weight is 376 g/mol. The number of aryl methyl sites for hydroxylation is 3. The summed E-state index contributed by atoms with van der Waals surface area (Å²) in [4.78, 5) is 2.31. The molecule has 0 saturated heterocycles. The largest absolute Gasteiger partial charge is 0.348 e. The highest BCUT2D eigenvalue weighted by Crippen LogP contribution is 2.33. The molecular formula is C23H25N3S. The van der Waals surface area contributed by atoms with Crippen LogP contribution in [0, 0.1) is 20.8 Å². The van der Waals surface area contributed by atoms with Crippen molar-refractivity contribution in [2.24, 2.45) is 0 Å². The van der Waals surface area contributed by atoms with Crippen LogP contribution in [0.2, 0.25) is 0 Å². The van der Waals surface area contributed by atoms with E-state index in [-0.39, 0.29) is 6.04 Å². The molecule has 1 atom stereocenters. The summed E-state index contributed by atoms with van der Waals surface area (Å²) >= 11 is 5.85. The summed E-state index contributed by atoms with van der Waals surface area (Å²) in [5.41, 5.74) is 7.36. The zero-order chi connectivity index (χ0) is 19.0. The summed E-state index contributed by atoms with van der Waals surface area (Å²) in [6.45, 7) is 8.18. The molecule has 0 fully saturated rings. The lowest BCUT2D eigenvalue weighted by atomic mass is 9.99. The Morgan fingerprint density at radius 2 is 1.63 bits per heavy atom. The standard InChI is InChI=1S/C23H25N3S/c1-16-6-8-19(9-7-16)22-21-5-4-10-25(21)11-12-26(22)23(27)24-20-14-17(2)13-18(3)15-20/h4-10,13-15,22H,11-12H2,1-3H3,(H,24,27). The second kappa shape index (κ2) is 7.20. The molecule has 1 N–H and O–H groups in total. The molecule has 3 aromatic rings. The van der Waals surface area contributed by atoms with E-state index in [0.29, 0.717) is 0 Å². The van der Waals surface area contributed by atoms with Gasteiger partial charge in [-0.3, -0.25) is 0 Å². The zero-order valence-electron chi connectivity index (χ0n) is 16.1. The number of hydrogen-bond acceptors (Lipinski definition) is 1. The molecule has 0 saturated carbocycles. The Balaban J connectivity index is 1.67. The molecule has 4 heteroatoms. The Morgan fingerprint density at radius 1 is 0.926 bits per heavy atom. The van der Waals surface area contributed by atoms with Gasteiger partial charge in [-0.15, -0.1) is 0 Å². The maximum Gasteiger partial charge on any atom is 0.174 e. The fraction of sp³-hybridized carbons (Fsp3) is 0.261. The Labute approximate surface area is 166 Å². The second-order valence-corrected chi connectivity index (χ2v) is 7.83. The van der Waals surface area contributed by atoms with Gasteiger partial charge in [0.1, 0.15) is 0 Å². The predicted molar refractivity (Wildman–Crippen MR) is 116 cm³/mol. The quantitative estimate of drug-likeness (QED) is 0.621. The van der Waals surface area contributed by atoms with Gasteiger partial charge in [0.25, 0.3) is 0 Å². The fourth-order valence-corrected chi connectivity index (χ4v) is 4.26. The summed E-state index contributed by atoms with van der Waals surface area (Å²) in [5, 5.41) is 4.25. The van der Waals surface area contributed by atoms with E-state index in [1.165, 1.54) is 27.9 Å². The van der Waals surface area contributed by atoms with Crippen molar-refractivity contribution < 1.29 is 0 Å². The zero-order valence-corrected chi connectivity index (χ0v) is 16.9. The van der Waals surface area contributed by atoms with Crippen molar-refractivity contribution in [2.45, 2.75) is 33.4 Å². The van der Waals surface area contributed by atoms with Crippen molar-refractivity contribution in [2.75, 3.05) is 11.9 Å². The van der Waals surface area contributed by atoms with E-state index in [0.717, 1.165) is 23.9 Å². The summed E-state index contributed by atoms with van der Waals surface area (Å²) < 4.78 is 2.33. The Morgan fingerprint density at radius 3 is 2.33 bits per heavy atom. The van der Waals surface area contributed by atoms with E-state index in [4.69, 9.17) is 12.2 Å². The minimum absolute atomic E-state index is 0.125. The lowest BCUT2D eigenvalue weighted by Gasteiger charge is -2.39. The molecule has 27 heavy (non-hydrogen) atoms. The molecule has 1 aliphatic heterocycles. The molecular weight excluding hydrogens is 350 g/mol. The van der Waals surface area contributed by atoms with Crippen LogP contribution in [0.5, 0.6) is 0 Å². The average Bonchev–Trinajstić information content (AvgIpc) is 3.09. The molecule has 0 bridgehead atoms. The Hall–Kier alpha value is -2.59. The van der Waals surface area contributed by atoms with Crippen LogP contribution in [-0.2, 0) is 6.54 Å². The third kappa shape index (κ3) is 3.62. The van der Waals surface area contributed by atoms with E-state index in [9.17, 15) is 0 Å². The van der Waals surface area contributed by atoms with Gasteiger partial charge in [0.15, 0.2) is 5.11 Å². The second-order valence-electron chi connectivity index (χ2n) is 7.44. The normalized spacial score (nSPS) is 16.1. The first kappa shape index (κ1) is 17.8. The van der Waals surface area contributed by atoms with Crippen LogP contribution in [-0.4, -0.2) is 21.1 Å². The molecule has 4 rings (SSSR count). The lowest BCUT2D eigenvalue weighted by molar-refractivity contribution is 0.293. The molecule has 0 aliphatic carbocycles. The van der Waals surface area contributed by atoms with Crippen LogP contribution >= 0.6 is 12.2 Å². The van der Waals surface area contributed by atoms with Gasteiger partial charge in [0.2, 0.25) is 0 Å². The van der Waals surface area contributed by atoms with Crippen molar-refractivity contribution in [1.82, 2.24) is 9.47 Å². The molecule has 1 unspecified atom stereocenters. The number of anilines is 1. The van der Waals surface area contributed by atoms with Gasteiger partial charge < -0.3 is 14.8 Å². The monoisotopic (exact) mass is 375 g/mol. The first-order valence-corrected chi connectivity index (χ1v) is 9.79. The van der Waals surface area contributed by atoms with Gasteiger partial charge in [-0.25, -0.2) is 0 Å². The molecule has 2 heterocycles. The van der Waals surface area contributed by atoms with E-state index in [1.54, 1.807) is 0 Å². The molecule has 138 valence electrons. The first-order valence-electron chi connectivity index (χ1n) is 9.39. The molecule has 0 amide bonds. The minimum atomic E-state index is 0.125. The van der Waals surface area contributed by atoms with Gasteiger partial charge in [0.05, 0.1) is 6.04 Å². The maximum absolute atomic E-state index is 5.85. The number of aromatic nitrogens is 1. The number of benzene rings is 2. The topological polar surface area (TPSA) is 20.2 Å². The van der Waals surface area contributed by atoms with Gasteiger partial charge in [-0.2, -0.15) is 0 Å². The van der Waals surface area contributed by atoms with Gasteiger partial charge >= 0.3 is 0 Å². The molecule has 0 spiro atoms. The van der Waals surface area contributed by atoms with Crippen LogP contribution in [0.25, 0.3) is 0 Å². The predicted octanol–water partition coefficient (Wildman–Crippen LogP) is 5.22. The lowest BCUT2D eigenvalue weighted by Crippen LogP contribution is -2.44. The molecule has 1 aliphatic rings. The number of hydrogen-bond donors (Lipinski definition) is 1. The smallest absolute Gasteiger partial charge is 0.174 e. The van der Waals surface area contributed by atoms with Crippen molar-refractivity contribution in [3.8, 4) is 0 Å². The summed E-state index contributed by atoms with van der Waals surface area (Å²) in [6.07, 6.45) is 2.16. The van der Waals surface area contributed by atoms with Crippen molar-refractivity contribution in [1.29, 1.82) is 0 Å². The third-order valence-corrected chi connectivity index (χ3v) is 5.50. The van der Waals surface area contributed by atoms with E-state index < -0.39 is 0 Å². The molecule has 0 radical (unpaired) electrons. The maximum atomic E-state index is 5.85. The summed E-state index contributed by atoms with van der Waals surface area (Å²) in [6, 6.07) is 19.7. The highest BCUT2D eigenvalue weighted by Gasteiger charge is 2.30. The Kier molecular flexibility index (Phi) is 4.75. The van der Waals surface area contributed by atoms with Crippen LogP contribution in [0.15, 0.2) is 60.8 Å². The molecule has 2 aromatic carbocycles. The van der Waals surface area contributed by atoms with Crippen LogP contribution in [0.3, 0.4) is 0 Å². The summed E-state index contributed by atoms with van der Waals surface area (Å²) in [7, 11) is 0. The summed E-state index contributed by atoms with van der Waals surface area (Å²) in [5.74, 6) is 0. The fourth-order valence-electron chi connectivity index (χ4n) is 3.94. The van der Waals surface area contributed by atoms with E-state index >= 15 is 0 Å². The number of nitrogens with one attached hydrogen (secondary N) is 1.